The van der Waals surface area contributed by atoms with Crippen LogP contribution >= 0.6 is 0 Å². The molecule has 2 nitrogen and oxygen atoms in total. The molecule has 14 heavy (non-hydrogen) atoms. The molecule has 2 heterocycles. The first-order chi connectivity index (χ1) is 6.57. The Kier molecular flexibility index (Phi) is 2.85. The number of hydrogen-bond donors (Lipinski definition) is 0. The summed E-state index contributed by atoms with van der Waals surface area (Å²) >= 11 is 0. The molecule has 2 aliphatic rings. The molecule has 0 aromatic rings. The SMILES string of the molecule is CC(C)(C)N1CCN2CCCCC2C1. The number of piperazine rings is 1. The van der Waals surface area contributed by atoms with Gasteiger partial charge in [0.1, 0.15) is 0 Å². The largest absolute Gasteiger partial charge is 0.298 e. The normalized spacial score (nSPS) is 31.5. The molecular formula is C12H24N2. The first-order valence-corrected chi connectivity index (χ1v) is 6.06. The van der Waals surface area contributed by atoms with Gasteiger partial charge in [0.05, 0.1) is 0 Å². The van der Waals surface area contributed by atoms with E-state index < -0.39 is 0 Å². The van der Waals surface area contributed by atoms with Crippen LogP contribution in [0.1, 0.15) is 40.0 Å². The van der Waals surface area contributed by atoms with Gasteiger partial charge in [0.25, 0.3) is 0 Å². The van der Waals surface area contributed by atoms with Crippen LogP contribution in [0.25, 0.3) is 0 Å². The van der Waals surface area contributed by atoms with E-state index in [0.29, 0.717) is 5.54 Å². The van der Waals surface area contributed by atoms with Crippen LogP contribution in [0.4, 0.5) is 0 Å². The first kappa shape index (κ1) is 10.4. The van der Waals surface area contributed by atoms with Crippen LogP contribution in [0.3, 0.4) is 0 Å². The molecule has 0 bridgehead atoms. The van der Waals surface area contributed by atoms with Crippen molar-refractivity contribution in [3.8, 4) is 0 Å². The van der Waals surface area contributed by atoms with Crippen molar-refractivity contribution in [2.45, 2.75) is 51.6 Å². The van der Waals surface area contributed by atoms with Gasteiger partial charge in [-0.3, -0.25) is 9.80 Å². The van der Waals surface area contributed by atoms with E-state index in [1.54, 1.807) is 0 Å². The summed E-state index contributed by atoms with van der Waals surface area (Å²) in [7, 11) is 0. The van der Waals surface area contributed by atoms with Crippen molar-refractivity contribution in [3.63, 3.8) is 0 Å². The van der Waals surface area contributed by atoms with E-state index in [-0.39, 0.29) is 0 Å². The van der Waals surface area contributed by atoms with Gasteiger partial charge in [-0.25, -0.2) is 0 Å². The van der Waals surface area contributed by atoms with Crippen molar-refractivity contribution in [1.82, 2.24) is 9.80 Å². The fraction of sp³-hybridized carbons (Fsp3) is 1.00. The van der Waals surface area contributed by atoms with Gasteiger partial charge in [-0.15, -0.1) is 0 Å². The number of nitrogens with zero attached hydrogens (tertiary/aromatic N) is 2. The Morgan fingerprint density at radius 1 is 1.00 bits per heavy atom. The quantitative estimate of drug-likeness (QED) is 0.584. The maximum atomic E-state index is 2.70. The lowest BCUT2D eigenvalue weighted by atomic mass is 9.96. The van der Waals surface area contributed by atoms with Crippen molar-refractivity contribution < 1.29 is 0 Å². The average Bonchev–Trinajstić information content (AvgIpc) is 2.16. The van der Waals surface area contributed by atoms with E-state index in [1.165, 1.54) is 45.4 Å². The van der Waals surface area contributed by atoms with Crippen molar-refractivity contribution in [1.29, 1.82) is 0 Å². The number of fused-ring (bicyclic) bond motifs is 1. The van der Waals surface area contributed by atoms with Gasteiger partial charge < -0.3 is 0 Å². The van der Waals surface area contributed by atoms with Crippen LogP contribution in [-0.2, 0) is 0 Å². The summed E-state index contributed by atoms with van der Waals surface area (Å²) < 4.78 is 0. The minimum absolute atomic E-state index is 0.365. The summed E-state index contributed by atoms with van der Waals surface area (Å²) in [5.41, 5.74) is 0.365. The topological polar surface area (TPSA) is 6.48 Å². The van der Waals surface area contributed by atoms with E-state index >= 15 is 0 Å². The lowest BCUT2D eigenvalue weighted by molar-refractivity contribution is 0.00573. The third-order valence-electron chi connectivity index (χ3n) is 3.79. The molecule has 1 atom stereocenters. The zero-order chi connectivity index (χ0) is 10.2. The van der Waals surface area contributed by atoms with E-state index in [2.05, 4.69) is 30.6 Å². The van der Waals surface area contributed by atoms with Crippen LogP contribution in [0.5, 0.6) is 0 Å². The Morgan fingerprint density at radius 2 is 1.79 bits per heavy atom. The van der Waals surface area contributed by atoms with E-state index in [1.807, 2.05) is 0 Å². The van der Waals surface area contributed by atoms with E-state index in [9.17, 15) is 0 Å². The molecule has 1 unspecified atom stereocenters. The maximum Gasteiger partial charge on any atom is 0.0223 e. The minimum atomic E-state index is 0.365. The third-order valence-corrected chi connectivity index (χ3v) is 3.79. The summed E-state index contributed by atoms with van der Waals surface area (Å²) in [4.78, 5) is 5.35. The van der Waals surface area contributed by atoms with Crippen molar-refractivity contribution in [2.75, 3.05) is 26.2 Å². The summed E-state index contributed by atoms with van der Waals surface area (Å²) in [6.07, 6.45) is 4.29. The van der Waals surface area contributed by atoms with Crippen LogP contribution in [0.2, 0.25) is 0 Å². The Hall–Kier alpha value is -0.0800. The van der Waals surface area contributed by atoms with Gasteiger partial charge in [0.2, 0.25) is 0 Å². The fourth-order valence-corrected chi connectivity index (χ4v) is 2.77. The third kappa shape index (κ3) is 2.12. The Balaban J connectivity index is 1.96. The molecule has 82 valence electrons. The van der Waals surface area contributed by atoms with E-state index in [4.69, 9.17) is 0 Å². The highest BCUT2D eigenvalue weighted by Gasteiger charge is 2.33. The van der Waals surface area contributed by atoms with Crippen LogP contribution in [0, 0.1) is 0 Å². The predicted molar refractivity (Wildman–Crippen MR) is 60.5 cm³/mol. The monoisotopic (exact) mass is 196 g/mol. The lowest BCUT2D eigenvalue weighted by Gasteiger charge is -2.48. The van der Waals surface area contributed by atoms with Gasteiger partial charge in [-0.1, -0.05) is 6.42 Å². The molecule has 0 saturated carbocycles. The number of piperidine rings is 1. The van der Waals surface area contributed by atoms with Gasteiger partial charge in [-0.05, 0) is 40.2 Å². The molecule has 0 spiro atoms. The van der Waals surface area contributed by atoms with Crippen molar-refractivity contribution in [2.24, 2.45) is 0 Å². The zero-order valence-electron chi connectivity index (χ0n) is 9.92. The first-order valence-electron chi connectivity index (χ1n) is 6.06. The highest BCUT2D eigenvalue weighted by Crippen LogP contribution is 2.25. The summed E-state index contributed by atoms with van der Waals surface area (Å²) in [6.45, 7) is 12.2. The Morgan fingerprint density at radius 3 is 2.50 bits per heavy atom. The van der Waals surface area contributed by atoms with Gasteiger partial charge in [-0.2, -0.15) is 0 Å². The average molecular weight is 196 g/mol. The Bertz CT molecular complexity index is 195. The summed E-state index contributed by atoms with van der Waals surface area (Å²) in [5, 5.41) is 0. The number of hydrogen-bond acceptors (Lipinski definition) is 2. The molecule has 2 fully saturated rings. The molecular weight excluding hydrogens is 172 g/mol. The van der Waals surface area contributed by atoms with E-state index in [0.717, 1.165) is 6.04 Å². The fourth-order valence-electron chi connectivity index (χ4n) is 2.77. The molecule has 0 amide bonds. The molecule has 0 aliphatic carbocycles. The van der Waals surface area contributed by atoms with Gasteiger partial charge in [0, 0.05) is 31.2 Å². The number of rotatable bonds is 0. The summed E-state index contributed by atoms with van der Waals surface area (Å²) in [5.74, 6) is 0. The lowest BCUT2D eigenvalue weighted by Crippen LogP contribution is -2.59. The second-order valence-electron chi connectivity index (χ2n) is 5.80. The Labute approximate surface area is 88.3 Å². The molecule has 0 radical (unpaired) electrons. The molecule has 2 aliphatic heterocycles. The zero-order valence-corrected chi connectivity index (χ0v) is 9.92. The molecule has 2 heteroatoms. The van der Waals surface area contributed by atoms with Crippen molar-refractivity contribution >= 4 is 0 Å². The molecule has 2 saturated heterocycles. The van der Waals surface area contributed by atoms with Gasteiger partial charge >= 0.3 is 0 Å². The standard InChI is InChI=1S/C12H24N2/c1-12(2,3)14-9-8-13-7-5-4-6-11(13)10-14/h11H,4-10H2,1-3H3. The van der Waals surface area contributed by atoms with Crippen molar-refractivity contribution in [3.05, 3.63) is 0 Å². The summed E-state index contributed by atoms with van der Waals surface area (Å²) in [6, 6.07) is 0.858. The smallest absolute Gasteiger partial charge is 0.0223 e. The molecule has 0 N–H and O–H groups in total. The van der Waals surface area contributed by atoms with Gasteiger partial charge in [0.15, 0.2) is 0 Å². The highest BCUT2D eigenvalue weighted by atomic mass is 15.3. The second kappa shape index (κ2) is 3.82. The minimum Gasteiger partial charge on any atom is -0.298 e. The van der Waals surface area contributed by atoms with Crippen LogP contribution in [0.15, 0.2) is 0 Å². The van der Waals surface area contributed by atoms with Crippen LogP contribution < -0.4 is 0 Å². The van der Waals surface area contributed by atoms with Crippen LogP contribution in [-0.4, -0.2) is 47.6 Å². The second-order valence-corrected chi connectivity index (χ2v) is 5.80. The highest BCUT2D eigenvalue weighted by molar-refractivity contribution is 4.89. The molecule has 0 aromatic carbocycles. The maximum absolute atomic E-state index is 2.70. The predicted octanol–water partition coefficient (Wildman–Crippen LogP) is 1.96. The molecule has 0 aromatic heterocycles. The molecule has 2 rings (SSSR count).